The Kier molecular flexibility index (Phi) is 4.86. The van der Waals surface area contributed by atoms with E-state index in [0.29, 0.717) is 12.6 Å². The molecule has 1 saturated carbocycles. The second-order valence-corrected chi connectivity index (χ2v) is 5.99. The van der Waals surface area contributed by atoms with Crippen molar-refractivity contribution in [1.29, 1.82) is 0 Å². The molecular weight excluding hydrogens is 298 g/mol. The van der Waals surface area contributed by atoms with E-state index in [1.54, 1.807) is 7.11 Å². The van der Waals surface area contributed by atoms with Gasteiger partial charge in [0.15, 0.2) is 11.5 Å². The van der Waals surface area contributed by atoms with E-state index in [2.05, 4.69) is 11.4 Å². The normalized spacial score (nSPS) is 13.9. The quantitative estimate of drug-likeness (QED) is 0.831. The van der Waals surface area contributed by atoms with Crippen LogP contribution in [0.1, 0.15) is 24.0 Å². The number of rotatable bonds is 7. The van der Waals surface area contributed by atoms with Crippen molar-refractivity contribution in [3.8, 4) is 11.5 Å². The molecule has 0 radical (unpaired) electrons. The molecule has 0 spiro atoms. The van der Waals surface area contributed by atoms with E-state index >= 15 is 0 Å². The summed E-state index contributed by atoms with van der Waals surface area (Å²) in [5, 5.41) is 4.23. The lowest BCUT2D eigenvalue weighted by Gasteiger charge is -2.13. The highest BCUT2D eigenvalue weighted by Gasteiger charge is 2.20. The predicted octanol–water partition coefficient (Wildman–Crippen LogP) is 4.18. The third kappa shape index (κ3) is 4.15. The molecule has 1 aliphatic carbocycles. The molecule has 0 bridgehead atoms. The summed E-state index contributed by atoms with van der Waals surface area (Å²) >= 11 is 5.88. The van der Waals surface area contributed by atoms with Crippen molar-refractivity contribution >= 4 is 11.6 Å². The summed E-state index contributed by atoms with van der Waals surface area (Å²) in [6, 6.07) is 14.4. The molecule has 22 heavy (non-hydrogen) atoms. The van der Waals surface area contributed by atoms with Gasteiger partial charge in [0.1, 0.15) is 6.61 Å². The average molecular weight is 318 g/mol. The van der Waals surface area contributed by atoms with Crippen LogP contribution in [0.25, 0.3) is 0 Å². The highest BCUT2D eigenvalue weighted by Crippen LogP contribution is 2.29. The lowest BCUT2D eigenvalue weighted by atomic mass is 10.2. The van der Waals surface area contributed by atoms with Gasteiger partial charge in [-0.25, -0.2) is 0 Å². The molecule has 1 fully saturated rings. The molecule has 0 aliphatic heterocycles. The maximum absolute atomic E-state index is 5.88. The van der Waals surface area contributed by atoms with E-state index in [9.17, 15) is 0 Å². The lowest BCUT2D eigenvalue weighted by Crippen LogP contribution is -2.15. The van der Waals surface area contributed by atoms with Crippen LogP contribution in [0.3, 0.4) is 0 Å². The number of methoxy groups -OCH3 is 1. The maximum Gasteiger partial charge on any atom is 0.161 e. The van der Waals surface area contributed by atoms with Crippen LogP contribution < -0.4 is 14.8 Å². The van der Waals surface area contributed by atoms with Crippen LogP contribution in [0.5, 0.6) is 11.5 Å². The summed E-state index contributed by atoms with van der Waals surface area (Å²) in [4.78, 5) is 0. The monoisotopic (exact) mass is 317 g/mol. The topological polar surface area (TPSA) is 30.5 Å². The van der Waals surface area contributed by atoms with Crippen molar-refractivity contribution in [2.24, 2.45) is 0 Å². The van der Waals surface area contributed by atoms with Crippen LogP contribution >= 0.6 is 11.6 Å². The average Bonchev–Trinajstić information content (AvgIpc) is 3.37. The third-order valence-electron chi connectivity index (χ3n) is 3.71. The lowest BCUT2D eigenvalue weighted by molar-refractivity contribution is 0.284. The van der Waals surface area contributed by atoms with Crippen LogP contribution in [0.2, 0.25) is 5.02 Å². The summed E-state index contributed by atoms with van der Waals surface area (Å²) in [5.74, 6) is 1.52. The van der Waals surface area contributed by atoms with Gasteiger partial charge in [-0.15, -0.1) is 0 Å². The van der Waals surface area contributed by atoms with E-state index in [1.807, 2.05) is 36.4 Å². The van der Waals surface area contributed by atoms with Crippen molar-refractivity contribution in [2.45, 2.75) is 32.0 Å². The van der Waals surface area contributed by atoms with Gasteiger partial charge in [-0.3, -0.25) is 0 Å². The molecule has 0 unspecified atom stereocenters. The van der Waals surface area contributed by atoms with E-state index < -0.39 is 0 Å². The second kappa shape index (κ2) is 7.03. The van der Waals surface area contributed by atoms with Gasteiger partial charge in [0.05, 0.1) is 7.11 Å². The van der Waals surface area contributed by atoms with Gasteiger partial charge >= 0.3 is 0 Å². The van der Waals surface area contributed by atoms with Crippen molar-refractivity contribution in [2.75, 3.05) is 7.11 Å². The number of benzene rings is 2. The Bertz CT molecular complexity index is 623. The Labute approximate surface area is 136 Å². The fourth-order valence-corrected chi connectivity index (χ4v) is 2.36. The van der Waals surface area contributed by atoms with Crippen LogP contribution in [-0.2, 0) is 13.2 Å². The SMILES string of the molecule is COc1cc(CNC2CC2)ccc1OCc1ccc(Cl)cc1. The molecular formula is C18H20ClNO2. The van der Waals surface area contributed by atoms with Crippen LogP contribution in [0.15, 0.2) is 42.5 Å². The zero-order valence-corrected chi connectivity index (χ0v) is 13.4. The molecule has 0 amide bonds. The van der Waals surface area contributed by atoms with Crippen molar-refractivity contribution in [3.63, 3.8) is 0 Å². The first-order valence-corrected chi connectivity index (χ1v) is 7.90. The summed E-state index contributed by atoms with van der Waals surface area (Å²) < 4.78 is 11.3. The minimum atomic E-state index is 0.493. The fraction of sp³-hybridized carbons (Fsp3) is 0.333. The minimum absolute atomic E-state index is 0.493. The molecule has 2 aromatic carbocycles. The summed E-state index contributed by atoms with van der Waals surface area (Å²) in [6.07, 6.45) is 2.58. The molecule has 1 N–H and O–H groups in total. The summed E-state index contributed by atoms with van der Waals surface area (Å²) in [5.41, 5.74) is 2.29. The zero-order valence-electron chi connectivity index (χ0n) is 12.6. The van der Waals surface area contributed by atoms with Gasteiger partial charge in [-0.1, -0.05) is 29.8 Å². The Balaban J connectivity index is 1.62. The summed E-state index contributed by atoms with van der Waals surface area (Å²) in [7, 11) is 1.67. The van der Waals surface area contributed by atoms with Crippen molar-refractivity contribution < 1.29 is 9.47 Å². The van der Waals surface area contributed by atoms with Crippen molar-refractivity contribution in [1.82, 2.24) is 5.32 Å². The standard InChI is InChI=1S/C18H20ClNO2/c1-21-18-10-14(11-20-16-7-8-16)4-9-17(18)22-12-13-2-5-15(19)6-3-13/h2-6,9-10,16,20H,7-8,11-12H2,1H3. The Hall–Kier alpha value is -1.71. The van der Waals surface area contributed by atoms with E-state index in [1.165, 1.54) is 18.4 Å². The Morgan fingerprint density at radius 1 is 1.05 bits per heavy atom. The van der Waals surface area contributed by atoms with Gasteiger partial charge in [-0.2, -0.15) is 0 Å². The highest BCUT2D eigenvalue weighted by atomic mass is 35.5. The van der Waals surface area contributed by atoms with Gasteiger partial charge in [-0.05, 0) is 48.2 Å². The van der Waals surface area contributed by atoms with Gasteiger partial charge in [0.25, 0.3) is 0 Å². The molecule has 0 aromatic heterocycles. The first-order valence-electron chi connectivity index (χ1n) is 7.52. The van der Waals surface area contributed by atoms with Crippen LogP contribution in [0, 0.1) is 0 Å². The number of halogens is 1. The minimum Gasteiger partial charge on any atom is -0.493 e. The van der Waals surface area contributed by atoms with Gasteiger partial charge < -0.3 is 14.8 Å². The van der Waals surface area contributed by atoms with E-state index in [0.717, 1.165) is 28.6 Å². The van der Waals surface area contributed by atoms with E-state index in [4.69, 9.17) is 21.1 Å². The molecule has 116 valence electrons. The van der Waals surface area contributed by atoms with Gasteiger partial charge in [0.2, 0.25) is 0 Å². The molecule has 0 heterocycles. The Morgan fingerprint density at radius 3 is 2.45 bits per heavy atom. The smallest absolute Gasteiger partial charge is 0.161 e. The van der Waals surface area contributed by atoms with Crippen LogP contribution in [0.4, 0.5) is 0 Å². The number of hydrogen-bond donors (Lipinski definition) is 1. The Morgan fingerprint density at radius 2 is 1.77 bits per heavy atom. The number of ether oxygens (including phenoxy) is 2. The largest absolute Gasteiger partial charge is 0.493 e. The fourth-order valence-electron chi connectivity index (χ4n) is 2.23. The van der Waals surface area contributed by atoms with Gasteiger partial charge in [0, 0.05) is 17.6 Å². The van der Waals surface area contributed by atoms with Crippen LogP contribution in [-0.4, -0.2) is 13.2 Å². The predicted molar refractivity (Wildman–Crippen MR) is 88.6 cm³/mol. The molecule has 2 aromatic rings. The number of nitrogens with one attached hydrogen (secondary N) is 1. The molecule has 1 aliphatic rings. The first-order chi connectivity index (χ1) is 10.7. The third-order valence-corrected chi connectivity index (χ3v) is 3.96. The van der Waals surface area contributed by atoms with Crippen molar-refractivity contribution in [3.05, 3.63) is 58.6 Å². The first kappa shape index (κ1) is 15.2. The zero-order chi connectivity index (χ0) is 15.4. The molecule has 0 saturated heterocycles. The maximum atomic E-state index is 5.88. The van der Waals surface area contributed by atoms with E-state index in [-0.39, 0.29) is 0 Å². The highest BCUT2D eigenvalue weighted by molar-refractivity contribution is 6.30. The second-order valence-electron chi connectivity index (χ2n) is 5.56. The molecule has 3 nitrogen and oxygen atoms in total. The molecule has 4 heteroatoms. The summed E-state index contributed by atoms with van der Waals surface area (Å²) in [6.45, 7) is 1.37. The molecule has 0 atom stereocenters. The molecule has 3 rings (SSSR count). The number of hydrogen-bond acceptors (Lipinski definition) is 3.